The number of nitrogens with two attached hydrogens (primary N) is 1. The summed E-state index contributed by atoms with van der Waals surface area (Å²) in [5, 5.41) is 6.38. The van der Waals surface area contributed by atoms with Crippen LogP contribution in [0.5, 0.6) is 0 Å². The third kappa shape index (κ3) is 2.12. The molecule has 0 bridgehead atoms. The van der Waals surface area contributed by atoms with Crippen LogP contribution in [0.15, 0.2) is 47.8 Å². The number of nitrogens with zero attached hydrogens (tertiary/aromatic N) is 2. The van der Waals surface area contributed by atoms with Crippen molar-refractivity contribution in [3.63, 3.8) is 0 Å². The minimum absolute atomic E-state index is 0.0196. The highest BCUT2D eigenvalue weighted by molar-refractivity contribution is 7.12. The predicted octanol–water partition coefficient (Wildman–Crippen LogP) is 3.39. The summed E-state index contributed by atoms with van der Waals surface area (Å²) >= 11 is 1.40. The molecule has 20 heavy (non-hydrogen) atoms. The molecule has 2 aromatic heterocycles. The zero-order valence-corrected chi connectivity index (χ0v) is 11.7. The van der Waals surface area contributed by atoms with E-state index in [9.17, 15) is 4.79 Å². The van der Waals surface area contributed by atoms with Crippen molar-refractivity contribution in [1.29, 1.82) is 0 Å². The van der Waals surface area contributed by atoms with Crippen LogP contribution in [-0.2, 0) is 0 Å². The Kier molecular flexibility index (Phi) is 3.12. The van der Waals surface area contributed by atoms with E-state index < -0.39 is 0 Å². The molecular formula is C15H13N3OS. The summed E-state index contributed by atoms with van der Waals surface area (Å²) in [6.07, 6.45) is 0. The zero-order chi connectivity index (χ0) is 14.1. The van der Waals surface area contributed by atoms with E-state index in [0.717, 1.165) is 16.9 Å². The Bertz CT molecular complexity index is 759. The van der Waals surface area contributed by atoms with Gasteiger partial charge in [0.15, 0.2) is 5.78 Å². The predicted molar refractivity (Wildman–Crippen MR) is 81.3 cm³/mol. The molecule has 0 saturated heterocycles. The van der Waals surface area contributed by atoms with Crippen LogP contribution in [0.1, 0.15) is 16.6 Å². The van der Waals surface area contributed by atoms with E-state index >= 15 is 0 Å². The highest BCUT2D eigenvalue weighted by Gasteiger charge is 2.15. The minimum Gasteiger partial charge on any atom is -0.384 e. The molecule has 5 heteroatoms. The van der Waals surface area contributed by atoms with Crippen LogP contribution in [0.25, 0.3) is 16.9 Å². The zero-order valence-electron chi connectivity index (χ0n) is 10.9. The molecule has 0 atom stereocenters. The van der Waals surface area contributed by atoms with Gasteiger partial charge in [0.1, 0.15) is 5.82 Å². The van der Waals surface area contributed by atoms with Crippen LogP contribution in [-0.4, -0.2) is 15.6 Å². The van der Waals surface area contributed by atoms with E-state index in [-0.39, 0.29) is 5.78 Å². The van der Waals surface area contributed by atoms with Gasteiger partial charge in [0.25, 0.3) is 0 Å². The fourth-order valence-corrected chi connectivity index (χ4v) is 2.85. The third-order valence-corrected chi connectivity index (χ3v) is 4.00. The molecule has 0 unspecified atom stereocenters. The topological polar surface area (TPSA) is 60.9 Å². The Morgan fingerprint density at radius 1 is 1.25 bits per heavy atom. The van der Waals surface area contributed by atoms with E-state index in [1.165, 1.54) is 11.3 Å². The van der Waals surface area contributed by atoms with Crippen LogP contribution in [0.2, 0.25) is 0 Å². The largest absolute Gasteiger partial charge is 0.384 e. The number of carbonyl (C=O) groups excluding carboxylic acids is 1. The summed E-state index contributed by atoms with van der Waals surface area (Å²) in [7, 11) is 0. The lowest BCUT2D eigenvalue weighted by Crippen LogP contribution is -2.04. The van der Waals surface area contributed by atoms with Gasteiger partial charge < -0.3 is 5.73 Å². The first-order valence-corrected chi connectivity index (χ1v) is 7.04. The van der Waals surface area contributed by atoms with Gasteiger partial charge in [0.2, 0.25) is 0 Å². The van der Waals surface area contributed by atoms with Crippen LogP contribution in [0.3, 0.4) is 0 Å². The summed E-state index contributed by atoms with van der Waals surface area (Å²) in [4.78, 5) is 12.3. The number of benzene rings is 1. The van der Waals surface area contributed by atoms with Gasteiger partial charge in [-0.1, -0.05) is 30.3 Å². The van der Waals surface area contributed by atoms with Gasteiger partial charge in [-0.3, -0.25) is 4.79 Å². The van der Waals surface area contributed by atoms with Crippen molar-refractivity contribution in [1.82, 2.24) is 9.78 Å². The van der Waals surface area contributed by atoms with Crippen molar-refractivity contribution in [2.75, 3.05) is 5.73 Å². The number of ketones is 1. The quantitative estimate of drug-likeness (QED) is 0.749. The van der Waals surface area contributed by atoms with Gasteiger partial charge in [-0.2, -0.15) is 5.10 Å². The number of Topliss-reactive ketones (excluding diaryl/α,β-unsaturated/α-hetero) is 1. The standard InChI is InChI=1S/C15H13N3OS/c1-10(19)15-13(7-8-20-15)18-14(16)9-12(17-18)11-5-3-2-4-6-11/h2-9H,16H2,1H3. The van der Waals surface area contributed by atoms with Gasteiger partial charge in [-0.15, -0.1) is 11.3 Å². The SMILES string of the molecule is CC(=O)c1sccc1-n1nc(-c2ccccc2)cc1N. The summed E-state index contributed by atoms with van der Waals surface area (Å²) < 4.78 is 1.62. The maximum Gasteiger partial charge on any atom is 0.171 e. The molecule has 3 aromatic rings. The normalized spacial score (nSPS) is 10.7. The van der Waals surface area contributed by atoms with E-state index in [4.69, 9.17) is 5.73 Å². The Balaban J connectivity index is 2.10. The molecule has 0 aliphatic heterocycles. The Morgan fingerprint density at radius 2 is 2.00 bits per heavy atom. The molecular weight excluding hydrogens is 270 g/mol. The van der Waals surface area contributed by atoms with Crippen molar-refractivity contribution in [3.05, 3.63) is 52.7 Å². The average molecular weight is 283 g/mol. The lowest BCUT2D eigenvalue weighted by atomic mass is 10.2. The second-order valence-corrected chi connectivity index (χ2v) is 5.34. The van der Waals surface area contributed by atoms with Gasteiger partial charge >= 0.3 is 0 Å². The first-order valence-electron chi connectivity index (χ1n) is 6.16. The second kappa shape index (κ2) is 4.94. The number of anilines is 1. The van der Waals surface area contributed by atoms with Gasteiger partial charge in [-0.25, -0.2) is 4.68 Å². The molecule has 3 rings (SSSR count). The highest BCUT2D eigenvalue weighted by Crippen LogP contribution is 2.27. The van der Waals surface area contributed by atoms with E-state index in [2.05, 4.69) is 5.10 Å². The molecule has 0 saturated carbocycles. The van der Waals surface area contributed by atoms with Crippen molar-refractivity contribution < 1.29 is 4.79 Å². The van der Waals surface area contributed by atoms with Crippen LogP contribution in [0.4, 0.5) is 5.82 Å². The monoisotopic (exact) mass is 283 g/mol. The molecule has 1 aromatic carbocycles. The number of aromatic nitrogens is 2. The molecule has 4 nitrogen and oxygen atoms in total. The van der Waals surface area contributed by atoms with Crippen molar-refractivity contribution in [3.8, 4) is 16.9 Å². The lowest BCUT2D eigenvalue weighted by molar-refractivity contribution is 0.102. The van der Waals surface area contributed by atoms with Crippen LogP contribution >= 0.6 is 11.3 Å². The Morgan fingerprint density at radius 3 is 2.70 bits per heavy atom. The fraction of sp³-hybridized carbons (Fsp3) is 0.0667. The highest BCUT2D eigenvalue weighted by atomic mass is 32.1. The molecule has 0 aliphatic carbocycles. The molecule has 2 heterocycles. The Labute approximate surface area is 120 Å². The molecule has 0 fully saturated rings. The van der Waals surface area contributed by atoms with Gasteiger partial charge in [0, 0.05) is 18.6 Å². The minimum atomic E-state index is 0.0196. The van der Waals surface area contributed by atoms with Crippen molar-refractivity contribution in [2.24, 2.45) is 0 Å². The maximum absolute atomic E-state index is 11.6. The molecule has 0 amide bonds. The summed E-state index contributed by atoms with van der Waals surface area (Å²) in [6, 6.07) is 13.5. The van der Waals surface area contributed by atoms with E-state index in [1.54, 1.807) is 11.6 Å². The first-order chi connectivity index (χ1) is 9.66. The number of hydrogen-bond donors (Lipinski definition) is 1. The first kappa shape index (κ1) is 12.6. The van der Waals surface area contributed by atoms with E-state index in [0.29, 0.717) is 10.7 Å². The average Bonchev–Trinajstić information content (AvgIpc) is 3.05. The van der Waals surface area contributed by atoms with Crippen molar-refractivity contribution >= 4 is 22.9 Å². The number of rotatable bonds is 3. The summed E-state index contributed by atoms with van der Waals surface area (Å²) in [5.74, 6) is 0.538. The van der Waals surface area contributed by atoms with E-state index in [1.807, 2.05) is 47.8 Å². The molecule has 0 aliphatic rings. The molecule has 100 valence electrons. The summed E-state index contributed by atoms with van der Waals surface area (Å²) in [6.45, 7) is 1.55. The smallest absolute Gasteiger partial charge is 0.171 e. The van der Waals surface area contributed by atoms with Gasteiger partial charge in [-0.05, 0) is 11.4 Å². The number of carbonyl (C=O) groups is 1. The molecule has 0 spiro atoms. The maximum atomic E-state index is 11.6. The summed E-state index contributed by atoms with van der Waals surface area (Å²) in [5.41, 5.74) is 8.56. The third-order valence-electron chi connectivity index (χ3n) is 3.00. The number of thiophene rings is 1. The molecule has 2 N–H and O–H groups in total. The number of hydrogen-bond acceptors (Lipinski definition) is 4. The lowest BCUT2D eigenvalue weighted by Gasteiger charge is -2.03. The van der Waals surface area contributed by atoms with Crippen LogP contribution < -0.4 is 5.73 Å². The van der Waals surface area contributed by atoms with Crippen LogP contribution in [0, 0.1) is 0 Å². The fourth-order valence-electron chi connectivity index (χ4n) is 2.07. The number of nitrogen functional groups attached to an aromatic ring is 1. The Hall–Kier alpha value is -2.40. The second-order valence-electron chi connectivity index (χ2n) is 4.42. The van der Waals surface area contributed by atoms with Crippen molar-refractivity contribution in [2.45, 2.75) is 6.92 Å². The van der Waals surface area contributed by atoms with Gasteiger partial charge in [0.05, 0.1) is 16.3 Å². The molecule has 0 radical (unpaired) electrons.